The largest absolute Gasteiger partial charge is 0.319 e. The Bertz CT molecular complexity index is 1170. The molecule has 3 aromatic carbocycles. The van der Waals surface area contributed by atoms with E-state index >= 15 is 0 Å². The molecule has 1 heterocycles. The number of hydrogen-bond acceptors (Lipinski definition) is 2. The lowest BCUT2D eigenvalue weighted by Crippen LogP contribution is -2.14. The van der Waals surface area contributed by atoms with E-state index in [9.17, 15) is 4.79 Å². The first-order chi connectivity index (χ1) is 13.5. The van der Waals surface area contributed by atoms with Gasteiger partial charge in [-0.3, -0.25) is 9.48 Å². The molecule has 0 aliphatic heterocycles. The molecule has 4 rings (SSSR count). The van der Waals surface area contributed by atoms with Gasteiger partial charge in [0.15, 0.2) is 0 Å². The zero-order valence-corrected chi connectivity index (χ0v) is 16.5. The van der Waals surface area contributed by atoms with Crippen molar-refractivity contribution in [2.24, 2.45) is 0 Å². The maximum atomic E-state index is 13.0. The SMILES string of the molecule is Cc1nn(Cc2ccccc2Cl)c(C)c1NC(=O)c1cccc2ccccc12. The van der Waals surface area contributed by atoms with E-state index in [0.717, 1.165) is 33.4 Å². The molecule has 5 heteroatoms. The monoisotopic (exact) mass is 389 g/mol. The number of carbonyl (C=O) groups excluding carboxylic acids is 1. The highest BCUT2D eigenvalue weighted by molar-refractivity contribution is 6.31. The van der Waals surface area contributed by atoms with Crippen LogP contribution in [0.5, 0.6) is 0 Å². The molecule has 0 fully saturated rings. The van der Waals surface area contributed by atoms with Gasteiger partial charge in [-0.2, -0.15) is 5.10 Å². The number of nitrogens with zero attached hydrogens (tertiary/aromatic N) is 2. The molecule has 4 nitrogen and oxygen atoms in total. The van der Waals surface area contributed by atoms with Crippen molar-refractivity contribution in [1.82, 2.24) is 9.78 Å². The second kappa shape index (κ2) is 7.49. The molecule has 140 valence electrons. The third kappa shape index (κ3) is 3.39. The molecule has 0 radical (unpaired) electrons. The highest BCUT2D eigenvalue weighted by Crippen LogP contribution is 2.25. The number of amides is 1. The van der Waals surface area contributed by atoms with Crippen molar-refractivity contribution in [3.63, 3.8) is 0 Å². The number of aromatic nitrogens is 2. The van der Waals surface area contributed by atoms with Gasteiger partial charge < -0.3 is 5.32 Å². The van der Waals surface area contributed by atoms with Gasteiger partial charge in [0.1, 0.15) is 0 Å². The Kier molecular flexibility index (Phi) is 4.88. The van der Waals surface area contributed by atoms with E-state index in [1.807, 2.05) is 85.3 Å². The molecule has 0 saturated carbocycles. The summed E-state index contributed by atoms with van der Waals surface area (Å²) < 4.78 is 1.87. The highest BCUT2D eigenvalue weighted by atomic mass is 35.5. The van der Waals surface area contributed by atoms with E-state index < -0.39 is 0 Å². The van der Waals surface area contributed by atoms with Crippen LogP contribution in [0.4, 0.5) is 5.69 Å². The van der Waals surface area contributed by atoms with Gasteiger partial charge in [0.25, 0.3) is 5.91 Å². The van der Waals surface area contributed by atoms with E-state index in [0.29, 0.717) is 17.1 Å². The first-order valence-corrected chi connectivity index (χ1v) is 9.49. The topological polar surface area (TPSA) is 46.9 Å². The second-order valence-corrected chi connectivity index (χ2v) is 7.18. The Morgan fingerprint density at radius 1 is 1.00 bits per heavy atom. The van der Waals surface area contributed by atoms with Gasteiger partial charge in [0.2, 0.25) is 0 Å². The van der Waals surface area contributed by atoms with Crippen molar-refractivity contribution < 1.29 is 4.79 Å². The number of benzene rings is 3. The summed E-state index contributed by atoms with van der Waals surface area (Å²) in [4.78, 5) is 13.0. The molecule has 4 aromatic rings. The summed E-state index contributed by atoms with van der Waals surface area (Å²) in [5.74, 6) is -0.139. The molecular weight excluding hydrogens is 370 g/mol. The second-order valence-electron chi connectivity index (χ2n) is 6.78. The zero-order chi connectivity index (χ0) is 19.7. The number of aryl methyl sites for hydroxylation is 1. The van der Waals surface area contributed by atoms with Crippen molar-refractivity contribution in [2.75, 3.05) is 5.32 Å². The molecule has 1 aromatic heterocycles. The van der Waals surface area contributed by atoms with Crippen LogP contribution >= 0.6 is 11.6 Å². The first-order valence-electron chi connectivity index (χ1n) is 9.11. The van der Waals surface area contributed by atoms with Gasteiger partial charge in [-0.1, -0.05) is 66.2 Å². The van der Waals surface area contributed by atoms with Crippen LogP contribution in [0.1, 0.15) is 27.3 Å². The van der Waals surface area contributed by atoms with Gasteiger partial charge in [0, 0.05) is 10.6 Å². The molecule has 1 N–H and O–H groups in total. The van der Waals surface area contributed by atoms with E-state index in [2.05, 4.69) is 10.4 Å². The summed E-state index contributed by atoms with van der Waals surface area (Å²) in [6.07, 6.45) is 0. The summed E-state index contributed by atoms with van der Waals surface area (Å²) in [5.41, 5.74) is 4.05. The molecule has 0 spiro atoms. The molecule has 0 aliphatic rings. The Morgan fingerprint density at radius 3 is 2.54 bits per heavy atom. The van der Waals surface area contributed by atoms with E-state index in [1.54, 1.807) is 0 Å². The van der Waals surface area contributed by atoms with Crippen molar-refractivity contribution >= 4 is 34.0 Å². The highest BCUT2D eigenvalue weighted by Gasteiger charge is 2.17. The van der Waals surface area contributed by atoms with Crippen LogP contribution in [0.15, 0.2) is 66.7 Å². The van der Waals surface area contributed by atoms with Crippen LogP contribution in [0.25, 0.3) is 10.8 Å². The van der Waals surface area contributed by atoms with Crippen LogP contribution in [-0.2, 0) is 6.54 Å². The number of rotatable bonds is 4. The molecule has 1 amide bonds. The van der Waals surface area contributed by atoms with Gasteiger partial charge in [-0.25, -0.2) is 0 Å². The molecule has 0 saturated heterocycles. The van der Waals surface area contributed by atoms with Crippen LogP contribution in [0.3, 0.4) is 0 Å². The first kappa shape index (κ1) is 18.3. The smallest absolute Gasteiger partial charge is 0.256 e. The molecule has 0 atom stereocenters. The quantitative estimate of drug-likeness (QED) is 0.493. The third-order valence-corrected chi connectivity index (χ3v) is 5.30. The van der Waals surface area contributed by atoms with Crippen molar-refractivity contribution in [3.05, 3.63) is 94.3 Å². The molecule has 28 heavy (non-hydrogen) atoms. The summed E-state index contributed by atoms with van der Waals surface area (Å²) in [7, 11) is 0. The predicted octanol–water partition coefficient (Wildman–Crippen LogP) is 5.61. The lowest BCUT2D eigenvalue weighted by Gasteiger charge is -2.10. The van der Waals surface area contributed by atoms with Crippen LogP contribution in [0, 0.1) is 13.8 Å². The summed E-state index contributed by atoms with van der Waals surface area (Å²) >= 11 is 6.28. The van der Waals surface area contributed by atoms with Gasteiger partial charge in [-0.05, 0) is 42.3 Å². The van der Waals surface area contributed by atoms with E-state index in [1.165, 1.54) is 0 Å². The number of carbonyl (C=O) groups is 1. The maximum absolute atomic E-state index is 13.0. The number of halogens is 1. The zero-order valence-electron chi connectivity index (χ0n) is 15.7. The van der Waals surface area contributed by atoms with Crippen molar-refractivity contribution in [2.45, 2.75) is 20.4 Å². The van der Waals surface area contributed by atoms with Crippen LogP contribution < -0.4 is 5.32 Å². The molecule has 0 aliphatic carbocycles. The molecule has 0 bridgehead atoms. The van der Waals surface area contributed by atoms with Gasteiger partial charge >= 0.3 is 0 Å². The molecular formula is C23H20ClN3O. The maximum Gasteiger partial charge on any atom is 0.256 e. The number of fused-ring (bicyclic) bond motifs is 1. The lowest BCUT2D eigenvalue weighted by atomic mass is 10.0. The van der Waals surface area contributed by atoms with E-state index in [4.69, 9.17) is 11.6 Å². The van der Waals surface area contributed by atoms with Crippen molar-refractivity contribution in [3.8, 4) is 0 Å². The minimum absolute atomic E-state index is 0.139. The Morgan fingerprint density at radius 2 is 1.71 bits per heavy atom. The van der Waals surface area contributed by atoms with Crippen molar-refractivity contribution in [1.29, 1.82) is 0 Å². The predicted molar refractivity (Wildman–Crippen MR) is 114 cm³/mol. The summed E-state index contributed by atoms with van der Waals surface area (Å²) in [5, 5.41) is 10.3. The summed E-state index contributed by atoms with van der Waals surface area (Å²) in [6, 6.07) is 21.3. The van der Waals surface area contributed by atoms with E-state index in [-0.39, 0.29) is 5.91 Å². The summed E-state index contributed by atoms with van der Waals surface area (Å²) in [6.45, 7) is 4.40. The minimum Gasteiger partial charge on any atom is -0.319 e. The standard InChI is InChI=1S/C23H20ClN3O/c1-15-22(16(2)27(26-15)14-18-9-4-6-13-21(18)24)25-23(28)20-12-7-10-17-8-3-5-11-19(17)20/h3-13H,14H2,1-2H3,(H,25,28). The van der Waals surface area contributed by atoms with Gasteiger partial charge in [-0.15, -0.1) is 0 Å². The normalized spacial score (nSPS) is 11.0. The van der Waals surface area contributed by atoms with Crippen LogP contribution in [0.2, 0.25) is 5.02 Å². The average Bonchev–Trinajstić information content (AvgIpc) is 2.96. The number of nitrogens with one attached hydrogen (secondary N) is 1. The Hall–Kier alpha value is -3.11. The molecule has 0 unspecified atom stereocenters. The minimum atomic E-state index is -0.139. The fraction of sp³-hybridized carbons (Fsp3) is 0.130. The fourth-order valence-corrected chi connectivity index (χ4v) is 3.62. The number of hydrogen-bond donors (Lipinski definition) is 1. The number of anilines is 1. The lowest BCUT2D eigenvalue weighted by molar-refractivity contribution is 0.102. The van der Waals surface area contributed by atoms with Gasteiger partial charge in [0.05, 0.1) is 23.6 Å². The third-order valence-electron chi connectivity index (χ3n) is 4.93. The average molecular weight is 390 g/mol. The Labute approximate surface area is 168 Å². The van der Waals surface area contributed by atoms with Crippen LogP contribution in [-0.4, -0.2) is 15.7 Å². The fourth-order valence-electron chi connectivity index (χ4n) is 3.42. The Balaban J connectivity index is 1.64.